The Morgan fingerprint density at radius 1 is 0.700 bits per heavy atom. The number of aryl methyl sites for hydroxylation is 2. The van der Waals surface area contributed by atoms with Gasteiger partial charge in [-0.15, -0.1) is 0 Å². The molecule has 0 radical (unpaired) electrons. The predicted molar refractivity (Wildman–Crippen MR) is 132 cm³/mol. The summed E-state index contributed by atoms with van der Waals surface area (Å²) in [4.78, 5) is 5.08. The van der Waals surface area contributed by atoms with Crippen LogP contribution in [0.2, 0.25) is 0 Å². The summed E-state index contributed by atoms with van der Waals surface area (Å²) in [6.45, 7) is 13.2. The summed E-state index contributed by atoms with van der Waals surface area (Å²) < 4.78 is 0. The molecule has 2 aliphatic rings. The Bertz CT molecular complexity index is 843. The predicted octanol–water partition coefficient (Wildman–Crippen LogP) is 6.90. The van der Waals surface area contributed by atoms with Crippen LogP contribution in [-0.4, -0.2) is 26.2 Å². The van der Waals surface area contributed by atoms with Gasteiger partial charge in [0.15, 0.2) is 0 Å². The fourth-order valence-corrected chi connectivity index (χ4v) is 5.04. The van der Waals surface area contributed by atoms with Crippen molar-refractivity contribution < 1.29 is 0 Å². The molecule has 2 aromatic rings. The molecule has 4 rings (SSSR count). The van der Waals surface area contributed by atoms with Crippen LogP contribution in [0.1, 0.15) is 60.8 Å². The molecule has 0 atom stereocenters. The summed E-state index contributed by atoms with van der Waals surface area (Å²) in [6, 6.07) is 14.0. The van der Waals surface area contributed by atoms with Crippen molar-refractivity contribution >= 4 is 16.9 Å². The number of rotatable bonds is 5. The van der Waals surface area contributed by atoms with Gasteiger partial charge in [0, 0.05) is 37.6 Å². The van der Waals surface area contributed by atoms with Crippen molar-refractivity contribution in [3.8, 4) is 0 Å². The van der Waals surface area contributed by atoms with E-state index in [9.17, 15) is 0 Å². The maximum absolute atomic E-state index is 4.00. The van der Waals surface area contributed by atoms with Gasteiger partial charge in [0.25, 0.3) is 0 Å². The summed E-state index contributed by atoms with van der Waals surface area (Å²) in [5.41, 5.74) is 9.30. The van der Waals surface area contributed by atoms with E-state index >= 15 is 0 Å². The first-order valence-corrected chi connectivity index (χ1v) is 11.7. The molecule has 2 heterocycles. The van der Waals surface area contributed by atoms with Gasteiger partial charge < -0.3 is 9.80 Å². The van der Waals surface area contributed by atoms with Gasteiger partial charge in [0.2, 0.25) is 0 Å². The largest absolute Gasteiger partial charge is 0.372 e. The van der Waals surface area contributed by atoms with Gasteiger partial charge in [-0.2, -0.15) is 0 Å². The molecule has 2 fully saturated rings. The highest BCUT2D eigenvalue weighted by molar-refractivity contribution is 5.85. The Morgan fingerprint density at radius 3 is 1.50 bits per heavy atom. The Hall–Kier alpha value is -2.48. The maximum Gasteiger partial charge on any atom is 0.0369 e. The second-order valence-corrected chi connectivity index (χ2v) is 8.91. The molecule has 158 valence electrons. The van der Waals surface area contributed by atoms with E-state index in [-0.39, 0.29) is 0 Å². The van der Waals surface area contributed by atoms with E-state index < -0.39 is 0 Å². The molecule has 0 aromatic heterocycles. The Kier molecular flexibility index (Phi) is 6.62. The molecule has 0 spiro atoms. The van der Waals surface area contributed by atoms with Crippen LogP contribution in [0.25, 0.3) is 5.57 Å². The summed E-state index contributed by atoms with van der Waals surface area (Å²) in [5, 5.41) is 0. The molecule has 2 nitrogen and oxygen atoms in total. The number of anilines is 2. The molecular weight excluding hydrogens is 364 g/mol. The van der Waals surface area contributed by atoms with E-state index in [2.05, 4.69) is 72.7 Å². The van der Waals surface area contributed by atoms with E-state index in [1.807, 2.05) is 6.08 Å². The second kappa shape index (κ2) is 9.55. The van der Waals surface area contributed by atoms with E-state index in [4.69, 9.17) is 0 Å². The lowest BCUT2D eigenvalue weighted by atomic mass is 9.90. The molecule has 30 heavy (non-hydrogen) atoms. The minimum atomic E-state index is 1.19. The van der Waals surface area contributed by atoms with Crippen LogP contribution in [0, 0.1) is 13.8 Å². The van der Waals surface area contributed by atoms with E-state index in [0.29, 0.717) is 0 Å². The summed E-state index contributed by atoms with van der Waals surface area (Å²) in [6.07, 6.45) is 12.1. The number of piperidine rings is 2. The average Bonchev–Trinajstić information content (AvgIpc) is 2.79. The van der Waals surface area contributed by atoms with Crippen LogP contribution >= 0.6 is 0 Å². The van der Waals surface area contributed by atoms with Gasteiger partial charge in [0.05, 0.1) is 0 Å². The summed E-state index contributed by atoms with van der Waals surface area (Å²) in [7, 11) is 0. The van der Waals surface area contributed by atoms with Gasteiger partial charge in [-0.3, -0.25) is 0 Å². The van der Waals surface area contributed by atoms with Crippen molar-refractivity contribution in [3.63, 3.8) is 0 Å². The summed E-state index contributed by atoms with van der Waals surface area (Å²) >= 11 is 0. The zero-order valence-electron chi connectivity index (χ0n) is 18.8. The third kappa shape index (κ3) is 4.48. The third-order valence-electron chi connectivity index (χ3n) is 6.73. The molecule has 0 amide bonds. The highest BCUT2D eigenvalue weighted by Crippen LogP contribution is 2.33. The maximum atomic E-state index is 4.00. The van der Waals surface area contributed by atoms with E-state index in [0.717, 1.165) is 0 Å². The van der Waals surface area contributed by atoms with Crippen LogP contribution < -0.4 is 9.80 Å². The zero-order chi connectivity index (χ0) is 20.9. The van der Waals surface area contributed by atoms with Crippen LogP contribution in [0.15, 0.2) is 55.1 Å². The minimum Gasteiger partial charge on any atom is -0.372 e. The third-order valence-corrected chi connectivity index (χ3v) is 6.73. The smallest absolute Gasteiger partial charge is 0.0369 e. The van der Waals surface area contributed by atoms with Gasteiger partial charge in [-0.05, 0) is 104 Å². The zero-order valence-corrected chi connectivity index (χ0v) is 18.8. The molecule has 0 unspecified atom stereocenters. The normalized spacial score (nSPS) is 17.0. The van der Waals surface area contributed by atoms with Crippen molar-refractivity contribution in [2.75, 3.05) is 36.0 Å². The second-order valence-electron chi connectivity index (χ2n) is 8.91. The SMILES string of the molecule is C=CC=C(c1ccc(N2CCCCC2)cc1C)c1ccc(N2CCCCC2)cc1C. The van der Waals surface area contributed by atoms with Crippen molar-refractivity contribution in [2.24, 2.45) is 0 Å². The number of benzene rings is 2. The van der Waals surface area contributed by atoms with Crippen LogP contribution in [0.3, 0.4) is 0 Å². The quantitative estimate of drug-likeness (QED) is 0.504. The Labute approximate surface area is 182 Å². The molecule has 2 heteroatoms. The van der Waals surface area contributed by atoms with E-state index in [1.54, 1.807) is 0 Å². The first kappa shape index (κ1) is 20.8. The minimum absolute atomic E-state index is 1.19. The number of nitrogens with zero attached hydrogens (tertiary/aromatic N) is 2. The lowest BCUT2D eigenvalue weighted by Crippen LogP contribution is -2.29. The van der Waals surface area contributed by atoms with Crippen molar-refractivity contribution in [3.05, 3.63) is 77.4 Å². The van der Waals surface area contributed by atoms with Crippen molar-refractivity contribution in [1.29, 1.82) is 0 Å². The van der Waals surface area contributed by atoms with Crippen molar-refractivity contribution in [1.82, 2.24) is 0 Å². The van der Waals surface area contributed by atoms with Gasteiger partial charge >= 0.3 is 0 Å². The highest BCUT2D eigenvalue weighted by atomic mass is 15.1. The first-order chi connectivity index (χ1) is 14.7. The Balaban J connectivity index is 1.64. The monoisotopic (exact) mass is 400 g/mol. The van der Waals surface area contributed by atoms with Crippen molar-refractivity contribution in [2.45, 2.75) is 52.4 Å². The lowest BCUT2D eigenvalue weighted by molar-refractivity contribution is 0.578. The van der Waals surface area contributed by atoms with Crippen LogP contribution in [0.5, 0.6) is 0 Å². The van der Waals surface area contributed by atoms with Gasteiger partial charge in [-0.25, -0.2) is 0 Å². The number of hydrogen-bond acceptors (Lipinski definition) is 2. The molecule has 2 saturated heterocycles. The number of allylic oxidation sites excluding steroid dienone is 2. The molecule has 0 bridgehead atoms. The number of hydrogen-bond donors (Lipinski definition) is 0. The summed E-state index contributed by atoms with van der Waals surface area (Å²) in [5.74, 6) is 0. The first-order valence-electron chi connectivity index (χ1n) is 11.7. The molecule has 2 aromatic carbocycles. The molecule has 0 saturated carbocycles. The highest BCUT2D eigenvalue weighted by Gasteiger charge is 2.16. The van der Waals surface area contributed by atoms with E-state index in [1.165, 1.54) is 104 Å². The fourth-order valence-electron chi connectivity index (χ4n) is 5.04. The van der Waals surface area contributed by atoms with Crippen LogP contribution in [0.4, 0.5) is 11.4 Å². The van der Waals surface area contributed by atoms with Gasteiger partial charge in [0.1, 0.15) is 0 Å². The average molecular weight is 401 g/mol. The topological polar surface area (TPSA) is 6.48 Å². The molecule has 0 N–H and O–H groups in total. The molecule has 2 aliphatic heterocycles. The standard InChI is InChI=1S/C28H36N2/c1-4-11-28(26-14-12-24(20-22(26)2)29-16-7-5-8-17-29)27-15-13-25(21-23(27)3)30-18-9-6-10-19-30/h4,11-15,20-21H,1,5-10,16-19H2,2-3H3. The Morgan fingerprint density at radius 2 is 1.13 bits per heavy atom. The molecular formula is C28H36N2. The lowest BCUT2D eigenvalue weighted by Gasteiger charge is -2.30. The van der Waals surface area contributed by atoms with Crippen LogP contribution in [-0.2, 0) is 0 Å². The molecule has 0 aliphatic carbocycles. The fraction of sp³-hybridized carbons (Fsp3) is 0.429. The van der Waals surface area contributed by atoms with Gasteiger partial charge in [-0.1, -0.05) is 30.9 Å².